The van der Waals surface area contributed by atoms with Crippen molar-refractivity contribution in [3.63, 3.8) is 0 Å². The summed E-state index contributed by atoms with van der Waals surface area (Å²) < 4.78 is 0. The van der Waals surface area contributed by atoms with E-state index in [-0.39, 0.29) is 6.04 Å². The molecular weight excluding hydrogens is 226 g/mol. The third-order valence-electron chi connectivity index (χ3n) is 2.02. The van der Waals surface area contributed by atoms with Gasteiger partial charge in [-0.05, 0) is 6.92 Å². The standard InChI is InChI=1S/C10H13N3S2/c1-7-6-15-10(13-7)5-8(11)4-9-12-2-3-14-9/h2-3,6,8H,4-5,11H2,1H3. The quantitative estimate of drug-likeness (QED) is 0.888. The smallest absolute Gasteiger partial charge is 0.0943 e. The predicted octanol–water partition coefficient (Wildman–Crippen LogP) is 2.02. The molecule has 1 atom stereocenters. The molecule has 3 nitrogen and oxygen atoms in total. The summed E-state index contributed by atoms with van der Waals surface area (Å²) in [4.78, 5) is 8.63. The molecule has 0 radical (unpaired) electrons. The van der Waals surface area contributed by atoms with Crippen LogP contribution in [0.3, 0.4) is 0 Å². The van der Waals surface area contributed by atoms with Crippen LogP contribution in [0.4, 0.5) is 0 Å². The summed E-state index contributed by atoms with van der Waals surface area (Å²) in [5, 5.41) is 6.27. The maximum Gasteiger partial charge on any atom is 0.0943 e. The first-order valence-corrected chi connectivity index (χ1v) is 6.55. The van der Waals surface area contributed by atoms with Gasteiger partial charge in [-0.2, -0.15) is 0 Å². The van der Waals surface area contributed by atoms with Gasteiger partial charge in [0, 0.05) is 41.5 Å². The molecule has 15 heavy (non-hydrogen) atoms. The first-order chi connectivity index (χ1) is 7.24. The maximum absolute atomic E-state index is 6.04. The normalized spacial score (nSPS) is 12.9. The van der Waals surface area contributed by atoms with E-state index in [0.29, 0.717) is 0 Å². The average molecular weight is 239 g/mol. The van der Waals surface area contributed by atoms with E-state index in [1.54, 1.807) is 22.7 Å². The monoisotopic (exact) mass is 239 g/mol. The van der Waals surface area contributed by atoms with Crippen LogP contribution in [0.5, 0.6) is 0 Å². The number of aromatic nitrogens is 2. The molecule has 0 aromatic carbocycles. The molecule has 0 aliphatic carbocycles. The minimum atomic E-state index is 0.127. The number of hydrogen-bond acceptors (Lipinski definition) is 5. The molecule has 0 bridgehead atoms. The van der Waals surface area contributed by atoms with E-state index in [1.807, 2.05) is 18.5 Å². The summed E-state index contributed by atoms with van der Waals surface area (Å²) in [7, 11) is 0. The molecule has 0 aliphatic heterocycles. The zero-order chi connectivity index (χ0) is 10.7. The first kappa shape index (κ1) is 10.7. The number of rotatable bonds is 4. The Balaban J connectivity index is 1.90. The van der Waals surface area contributed by atoms with E-state index in [0.717, 1.165) is 28.6 Å². The van der Waals surface area contributed by atoms with Crippen molar-refractivity contribution in [1.82, 2.24) is 9.97 Å². The summed E-state index contributed by atoms with van der Waals surface area (Å²) in [5.41, 5.74) is 7.12. The van der Waals surface area contributed by atoms with Gasteiger partial charge in [0.1, 0.15) is 0 Å². The zero-order valence-electron chi connectivity index (χ0n) is 8.51. The van der Waals surface area contributed by atoms with Gasteiger partial charge in [0.05, 0.1) is 10.0 Å². The lowest BCUT2D eigenvalue weighted by Crippen LogP contribution is -2.25. The van der Waals surface area contributed by atoms with Crippen molar-refractivity contribution in [2.75, 3.05) is 0 Å². The molecule has 0 spiro atoms. The number of aryl methyl sites for hydroxylation is 1. The van der Waals surface area contributed by atoms with Crippen molar-refractivity contribution in [3.8, 4) is 0 Å². The predicted molar refractivity (Wildman–Crippen MR) is 64.3 cm³/mol. The van der Waals surface area contributed by atoms with E-state index in [9.17, 15) is 0 Å². The number of nitrogens with two attached hydrogens (primary N) is 1. The van der Waals surface area contributed by atoms with Crippen molar-refractivity contribution in [2.24, 2.45) is 5.73 Å². The number of thiazole rings is 2. The fraction of sp³-hybridized carbons (Fsp3) is 0.400. The minimum Gasteiger partial charge on any atom is -0.327 e. The van der Waals surface area contributed by atoms with Crippen LogP contribution < -0.4 is 5.73 Å². The maximum atomic E-state index is 6.04. The van der Waals surface area contributed by atoms with Crippen LogP contribution in [0.1, 0.15) is 15.7 Å². The van der Waals surface area contributed by atoms with Crippen LogP contribution >= 0.6 is 22.7 Å². The third-order valence-corrected chi connectivity index (χ3v) is 3.81. The summed E-state index contributed by atoms with van der Waals surface area (Å²) >= 11 is 3.34. The Kier molecular flexibility index (Phi) is 3.45. The molecule has 80 valence electrons. The lowest BCUT2D eigenvalue weighted by atomic mass is 10.2. The van der Waals surface area contributed by atoms with Gasteiger partial charge in [-0.25, -0.2) is 9.97 Å². The van der Waals surface area contributed by atoms with Gasteiger partial charge in [0.25, 0.3) is 0 Å². The van der Waals surface area contributed by atoms with Crippen LogP contribution in [0.2, 0.25) is 0 Å². The summed E-state index contributed by atoms with van der Waals surface area (Å²) in [6, 6.07) is 0.127. The van der Waals surface area contributed by atoms with Crippen LogP contribution in [-0.4, -0.2) is 16.0 Å². The Bertz CT molecular complexity index is 408. The SMILES string of the molecule is Cc1csc(CC(N)Cc2nccs2)n1. The molecule has 2 heterocycles. The van der Waals surface area contributed by atoms with Crippen molar-refractivity contribution in [2.45, 2.75) is 25.8 Å². The Morgan fingerprint density at radius 1 is 1.33 bits per heavy atom. The fourth-order valence-corrected chi connectivity index (χ4v) is 2.95. The molecule has 0 saturated heterocycles. The van der Waals surface area contributed by atoms with Gasteiger partial charge in [-0.1, -0.05) is 0 Å². The lowest BCUT2D eigenvalue weighted by Gasteiger charge is -2.06. The molecule has 5 heteroatoms. The summed E-state index contributed by atoms with van der Waals surface area (Å²) in [5.74, 6) is 0. The van der Waals surface area contributed by atoms with Crippen LogP contribution in [-0.2, 0) is 12.8 Å². The highest BCUT2D eigenvalue weighted by Crippen LogP contribution is 2.13. The van der Waals surface area contributed by atoms with Crippen molar-refractivity contribution in [3.05, 3.63) is 32.7 Å². The van der Waals surface area contributed by atoms with Gasteiger partial charge in [-0.3, -0.25) is 0 Å². The van der Waals surface area contributed by atoms with E-state index in [1.165, 1.54) is 0 Å². The highest BCUT2D eigenvalue weighted by Gasteiger charge is 2.09. The van der Waals surface area contributed by atoms with Crippen molar-refractivity contribution in [1.29, 1.82) is 0 Å². The topological polar surface area (TPSA) is 51.8 Å². The van der Waals surface area contributed by atoms with Gasteiger partial charge in [-0.15, -0.1) is 22.7 Å². The Hall–Kier alpha value is -0.780. The van der Waals surface area contributed by atoms with E-state index < -0.39 is 0 Å². The molecule has 0 amide bonds. The molecule has 0 fully saturated rings. The molecule has 2 rings (SSSR count). The molecule has 1 unspecified atom stereocenters. The highest BCUT2D eigenvalue weighted by molar-refractivity contribution is 7.09. The Labute approximate surface area is 97.0 Å². The second-order valence-corrected chi connectivity index (χ2v) is 5.40. The Morgan fingerprint density at radius 2 is 2.13 bits per heavy atom. The molecule has 2 N–H and O–H groups in total. The molecule has 0 saturated carbocycles. The largest absolute Gasteiger partial charge is 0.327 e. The molecule has 2 aromatic heterocycles. The zero-order valence-corrected chi connectivity index (χ0v) is 10.1. The first-order valence-electron chi connectivity index (χ1n) is 4.79. The van der Waals surface area contributed by atoms with Gasteiger partial charge in [0.2, 0.25) is 0 Å². The molecule has 2 aromatic rings. The lowest BCUT2D eigenvalue weighted by molar-refractivity contribution is 0.659. The number of nitrogens with zero attached hydrogens (tertiary/aromatic N) is 2. The van der Waals surface area contributed by atoms with Gasteiger partial charge in [0.15, 0.2) is 0 Å². The van der Waals surface area contributed by atoms with E-state index in [2.05, 4.69) is 15.3 Å². The second-order valence-electron chi connectivity index (χ2n) is 3.48. The summed E-state index contributed by atoms with van der Waals surface area (Å²) in [6.45, 7) is 2.01. The molecular formula is C10H13N3S2. The summed E-state index contributed by atoms with van der Waals surface area (Å²) in [6.07, 6.45) is 3.51. The van der Waals surface area contributed by atoms with Crippen molar-refractivity contribution < 1.29 is 0 Å². The van der Waals surface area contributed by atoms with Crippen LogP contribution in [0, 0.1) is 6.92 Å². The molecule has 0 aliphatic rings. The van der Waals surface area contributed by atoms with E-state index >= 15 is 0 Å². The van der Waals surface area contributed by atoms with Crippen LogP contribution in [0.25, 0.3) is 0 Å². The van der Waals surface area contributed by atoms with Gasteiger partial charge >= 0.3 is 0 Å². The Morgan fingerprint density at radius 3 is 2.73 bits per heavy atom. The van der Waals surface area contributed by atoms with Crippen LogP contribution in [0.15, 0.2) is 17.0 Å². The van der Waals surface area contributed by atoms with E-state index in [4.69, 9.17) is 5.73 Å². The second kappa shape index (κ2) is 4.83. The van der Waals surface area contributed by atoms with Gasteiger partial charge < -0.3 is 5.73 Å². The van der Waals surface area contributed by atoms with Crippen molar-refractivity contribution >= 4 is 22.7 Å². The third kappa shape index (κ3) is 3.09. The highest BCUT2D eigenvalue weighted by atomic mass is 32.1. The fourth-order valence-electron chi connectivity index (χ4n) is 1.37. The number of hydrogen-bond donors (Lipinski definition) is 1. The average Bonchev–Trinajstić information content (AvgIpc) is 2.77. The minimum absolute atomic E-state index is 0.127.